The van der Waals surface area contributed by atoms with Crippen LogP contribution in [0.25, 0.3) is 10.9 Å². The summed E-state index contributed by atoms with van der Waals surface area (Å²) in [6, 6.07) is 18.5. The molecule has 0 saturated heterocycles. The number of amides is 1. The van der Waals surface area contributed by atoms with Crippen LogP contribution in [-0.4, -0.2) is 54.1 Å². The lowest BCUT2D eigenvalue weighted by atomic mass is 10.0. The number of methoxy groups -OCH3 is 1. The van der Waals surface area contributed by atoms with E-state index in [-0.39, 0.29) is 5.91 Å². The summed E-state index contributed by atoms with van der Waals surface area (Å²) in [4.78, 5) is 22.8. The Morgan fingerprint density at radius 1 is 1.11 bits per heavy atom. The quantitative estimate of drug-likeness (QED) is 0.458. The number of hydrogen-bond acceptors (Lipinski definition) is 5. The van der Waals surface area contributed by atoms with Gasteiger partial charge in [0.05, 0.1) is 20.3 Å². The third kappa shape index (κ3) is 5.69. The zero-order chi connectivity index (χ0) is 24.7. The first-order valence-corrected chi connectivity index (χ1v) is 12.5. The summed E-state index contributed by atoms with van der Waals surface area (Å²) >= 11 is 0. The van der Waals surface area contributed by atoms with E-state index >= 15 is 0 Å². The van der Waals surface area contributed by atoms with Crippen LogP contribution < -0.4 is 14.8 Å². The molecule has 0 fully saturated rings. The van der Waals surface area contributed by atoms with Gasteiger partial charge >= 0.3 is 0 Å². The number of carbonyl (C=O) groups excluding carboxylic acids is 1. The van der Waals surface area contributed by atoms with Crippen molar-refractivity contribution < 1.29 is 14.3 Å². The normalized spacial score (nSPS) is 15.6. The summed E-state index contributed by atoms with van der Waals surface area (Å²) in [5.41, 5.74) is 5.79. The molecule has 1 amide bonds. The highest BCUT2D eigenvalue weighted by Gasteiger charge is 2.16. The highest BCUT2D eigenvalue weighted by atomic mass is 16.5. The molecule has 2 N–H and O–H groups in total. The van der Waals surface area contributed by atoms with Crippen molar-refractivity contribution in [3.63, 3.8) is 0 Å². The van der Waals surface area contributed by atoms with Crippen molar-refractivity contribution in [2.75, 3.05) is 33.4 Å². The van der Waals surface area contributed by atoms with E-state index in [1.807, 2.05) is 24.3 Å². The van der Waals surface area contributed by atoms with Crippen molar-refractivity contribution in [1.82, 2.24) is 20.2 Å². The highest BCUT2D eigenvalue weighted by molar-refractivity contribution is 5.85. The molecule has 1 aliphatic rings. The molecule has 0 radical (unpaired) electrons. The first-order valence-electron chi connectivity index (χ1n) is 12.5. The number of para-hydroxylation sites is 1. The molecule has 2 aromatic heterocycles. The lowest BCUT2D eigenvalue weighted by Gasteiger charge is -2.22. The number of hydrogen-bond donors (Lipinski definition) is 2. The van der Waals surface area contributed by atoms with E-state index < -0.39 is 0 Å². The summed E-state index contributed by atoms with van der Waals surface area (Å²) in [6.07, 6.45) is 5.87. The number of benzene rings is 2. The largest absolute Gasteiger partial charge is 0.493 e. The van der Waals surface area contributed by atoms with E-state index in [0.717, 1.165) is 59.6 Å². The molecular formula is C29H32N4O3. The van der Waals surface area contributed by atoms with E-state index in [4.69, 9.17) is 9.47 Å². The van der Waals surface area contributed by atoms with Crippen LogP contribution in [0, 0.1) is 0 Å². The van der Waals surface area contributed by atoms with E-state index in [1.54, 1.807) is 19.5 Å². The number of fused-ring (bicyclic) bond motifs is 5. The van der Waals surface area contributed by atoms with Crippen molar-refractivity contribution in [1.29, 1.82) is 0 Å². The zero-order valence-corrected chi connectivity index (χ0v) is 20.6. The van der Waals surface area contributed by atoms with Gasteiger partial charge in [-0.1, -0.05) is 24.3 Å². The number of aromatic amines is 1. The minimum atomic E-state index is 0.0327. The van der Waals surface area contributed by atoms with Crippen LogP contribution in [0.1, 0.15) is 28.8 Å². The van der Waals surface area contributed by atoms with E-state index in [2.05, 4.69) is 50.5 Å². The Morgan fingerprint density at radius 2 is 1.97 bits per heavy atom. The Bertz CT molecular complexity index is 1320. The molecule has 5 rings (SSSR count). The van der Waals surface area contributed by atoms with E-state index in [9.17, 15) is 4.79 Å². The van der Waals surface area contributed by atoms with Gasteiger partial charge in [0, 0.05) is 55.0 Å². The standard InChI is InChI=1S/C29H32N4O3/c1-35-27-8-7-22-17-26-24(23-5-2-3-6-25(23)32-26)11-14-31-29(34)20-33(15-4-16-36-28(27)18-22)19-21-9-12-30-13-10-21/h2-3,5-10,12-13,18,32H,4,11,14-17,19-20H2,1H3,(H,31,34). The van der Waals surface area contributed by atoms with Gasteiger partial charge in [0.1, 0.15) is 0 Å². The Balaban J connectivity index is 1.43. The van der Waals surface area contributed by atoms with Crippen LogP contribution in [0.2, 0.25) is 0 Å². The Morgan fingerprint density at radius 3 is 2.83 bits per heavy atom. The maximum Gasteiger partial charge on any atom is 0.234 e. The molecular weight excluding hydrogens is 452 g/mol. The van der Waals surface area contributed by atoms with Crippen LogP contribution in [-0.2, 0) is 24.2 Å². The fraction of sp³-hybridized carbons (Fsp3) is 0.310. The third-order valence-corrected chi connectivity index (χ3v) is 6.61. The Kier molecular flexibility index (Phi) is 7.47. The molecule has 0 saturated carbocycles. The van der Waals surface area contributed by atoms with Gasteiger partial charge in [-0.2, -0.15) is 0 Å². The predicted octanol–water partition coefficient (Wildman–Crippen LogP) is 4.11. The second-order valence-corrected chi connectivity index (χ2v) is 9.16. The summed E-state index contributed by atoms with van der Waals surface area (Å²) < 4.78 is 11.7. The second kappa shape index (κ2) is 11.3. The molecule has 1 aliphatic heterocycles. The monoisotopic (exact) mass is 484 g/mol. The van der Waals surface area contributed by atoms with Crippen molar-refractivity contribution in [2.45, 2.75) is 25.8 Å². The van der Waals surface area contributed by atoms with Gasteiger partial charge in [-0.25, -0.2) is 0 Å². The maximum atomic E-state index is 12.9. The average molecular weight is 485 g/mol. The molecule has 2 bridgehead atoms. The average Bonchev–Trinajstić information content (AvgIpc) is 3.23. The van der Waals surface area contributed by atoms with Crippen LogP contribution in [0.5, 0.6) is 11.5 Å². The molecule has 0 atom stereocenters. The van der Waals surface area contributed by atoms with Crippen molar-refractivity contribution in [3.8, 4) is 11.5 Å². The maximum absolute atomic E-state index is 12.9. The number of nitrogens with zero attached hydrogens (tertiary/aromatic N) is 2. The van der Waals surface area contributed by atoms with Crippen molar-refractivity contribution in [3.05, 3.63) is 89.4 Å². The summed E-state index contributed by atoms with van der Waals surface area (Å²) in [5, 5.41) is 4.34. The van der Waals surface area contributed by atoms with Gasteiger partial charge in [-0.15, -0.1) is 0 Å². The topological polar surface area (TPSA) is 79.5 Å². The lowest BCUT2D eigenvalue weighted by molar-refractivity contribution is -0.122. The fourth-order valence-electron chi connectivity index (χ4n) is 4.86. The number of aromatic nitrogens is 2. The Hall–Kier alpha value is -3.84. The van der Waals surface area contributed by atoms with Gasteiger partial charge in [0.25, 0.3) is 0 Å². The fourth-order valence-corrected chi connectivity index (χ4v) is 4.86. The highest BCUT2D eigenvalue weighted by Crippen LogP contribution is 2.31. The molecule has 4 aromatic rings. The van der Waals surface area contributed by atoms with Crippen LogP contribution in [0.4, 0.5) is 0 Å². The number of nitrogens with one attached hydrogen (secondary N) is 2. The van der Waals surface area contributed by atoms with Crippen molar-refractivity contribution in [2.24, 2.45) is 0 Å². The predicted molar refractivity (Wildman–Crippen MR) is 140 cm³/mol. The summed E-state index contributed by atoms with van der Waals surface area (Å²) in [5.74, 6) is 1.51. The first kappa shape index (κ1) is 23.9. The van der Waals surface area contributed by atoms with E-state index in [1.165, 1.54) is 10.9 Å². The summed E-state index contributed by atoms with van der Waals surface area (Å²) in [6.45, 7) is 2.88. The zero-order valence-electron chi connectivity index (χ0n) is 20.6. The molecule has 0 spiro atoms. The minimum absolute atomic E-state index is 0.0327. The van der Waals surface area contributed by atoms with Crippen LogP contribution in [0.3, 0.4) is 0 Å². The molecule has 36 heavy (non-hydrogen) atoms. The van der Waals surface area contributed by atoms with Gasteiger partial charge in [-0.3, -0.25) is 14.7 Å². The molecule has 7 nitrogen and oxygen atoms in total. The number of carbonyl (C=O) groups is 1. The number of rotatable bonds is 3. The lowest BCUT2D eigenvalue weighted by Crippen LogP contribution is -2.38. The van der Waals surface area contributed by atoms with Gasteiger partial charge < -0.3 is 19.8 Å². The molecule has 0 aliphatic carbocycles. The van der Waals surface area contributed by atoms with Gasteiger partial charge in [-0.05, 0) is 59.9 Å². The number of H-pyrrole nitrogens is 1. The molecule has 186 valence electrons. The SMILES string of the molecule is COc1ccc2cc1OCCCN(Cc1ccncc1)CC(=O)NCCc1c([nH]c3ccccc13)C2. The number of ether oxygens (including phenoxy) is 2. The first-order chi connectivity index (χ1) is 17.7. The number of pyridine rings is 1. The second-order valence-electron chi connectivity index (χ2n) is 9.16. The molecule has 0 unspecified atom stereocenters. The Labute approximate surface area is 211 Å². The van der Waals surface area contributed by atoms with Gasteiger partial charge in [0.15, 0.2) is 11.5 Å². The summed E-state index contributed by atoms with van der Waals surface area (Å²) in [7, 11) is 1.67. The van der Waals surface area contributed by atoms with Crippen LogP contribution in [0.15, 0.2) is 67.0 Å². The molecule has 7 heteroatoms. The van der Waals surface area contributed by atoms with Gasteiger partial charge in [0.2, 0.25) is 5.91 Å². The third-order valence-electron chi connectivity index (χ3n) is 6.61. The molecule has 3 heterocycles. The minimum Gasteiger partial charge on any atom is -0.493 e. The smallest absolute Gasteiger partial charge is 0.234 e. The van der Waals surface area contributed by atoms with E-state index in [0.29, 0.717) is 26.2 Å². The molecule has 2 aromatic carbocycles. The van der Waals surface area contributed by atoms with Crippen LogP contribution >= 0.6 is 0 Å². The van der Waals surface area contributed by atoms with Crippen molar-refractivity contribution >= 4 is 16.8 Å².